The Morgan fingerprint density at radius 3 is 2.13 bits per heavy atom. The Hall–Kier alpha value is -4.00. The molecule has 3 aromatic rings. The van der Waals surface area contributed by atoms with Gasteiger partial charge in [-0.1, -0.05) is 42.5 Å². The van der Waals surface area contributed by atoms with Crippen LogP contribution in [0, 0.1) is 0 Å². The molecular weight excluding hydrogens is 398 g/mol. The highest BCUT2D eigenvalue weighted by Gasteiger charge is 2.11. The van der Waals surface area contributed by atoms with Crippen LogP contribution in [0.15, 0.2) is 72.8 Å². The quantitative estimate of drug-likeness (QED) is 0.527. The fraction of sp³-hybridized carbons (Fsp3) is 0.167. The molecule has 0 aromatic heterocycles. The van der Waals surface area contributed by atoms with Crippen molar-refractivity contribution >= 4 is 17.6 Å². The molecule has 0 saturated heterocycles. The summed E-state index contributed by atoms with van der Waals surface area (Å²) in [7, 11) is 3.02. The van der Waals surface area contributed by atoms with Gasteiger partial charge in [-0.3, -0.25) is 4.79 Å². The van der Waals surface area contributed by atoms with Gasteiger partial charge in [0.05, 0.1) is 14.2 Å². The molecule has 0 bridgehead atoms. The van der Waals surface area contributed by atoms with E-state index in [0.29, 0.717) is 22.9 Å². The van der Waals surface area contributed by atoms with Crippen LogP contribution in [0.4, 0.5) is 5.69 Å². The van der Waals surface area contributed by atoms with Crippen LogP contribution < -0.4 is 19.5 Å². The van der Waals surface area contributed by atoms with Crippen LogP contribution in [0.1, 0.15) is 0 Å². The smallest absolute Gasteiger partial charge is 0.344 e. The van der Waals surface area contributed by atoms with Gasteiger partial charge in [-0.15, -0.1) is 0 Å². The molecule has 0 aliphatic carbocycles. The van der Waals surface area contributed by atoms with Gasteiger partial charge in [0.15, 0.2) is 24.7 Å². The molecule has 7 heteroatoms. The van der Waals surface area contributed by atoms with E-state index >= 15 is 0 Å². The lowest BCUT2D eigenvalue weighted by Gasteiger charge is -2.11. The number of benzene rings is 3. The largest absolute Gasteiger partial charge is 0.493 e. The molecule has 0 fully saturated rings. The third-order valence-corrected chi connectivity index (χ3v) is 4.35. The van der Waals surface area contributed by atoms with Crippen molar-refractivity contribution in [3.05, 3.63) is 72.8 Å². The summed E-state index contributed by atoms with van der Waals surface area (Å²) >= 11 is 0. The first-order chi connectivity index (χ1) is 15.1. The molecule has 1 amide bonds. The summed E-state index contributed by atoms with van der Waals surface area (Å²) in [4.78, 5) is 23.9. The minimum Gasteiger partial charge on any atom is -0.493 e. The third kappa shape index (κ3) is 6.24. The van der Waals surface area contributed by atoms with Gasteiger partial charge < -0.3 is 24.3 Å². The van der Waals surface area contributed by atoms with Gasteiger partial charge in [0, 0.05) is 11.8 Å². The van der Waals surface area contributed by atoms with E-state index in [9.17, 15) is 9.59 Å². The minimum atomic E-state index is -0.644. The number of amides is 1. The fourth-order valence-corrected chi connectivity index (χ4v) is 2.82. The summed E-state index contributed by atoms with van der Waals surface area (Å²) in [5.41, 5.74) is 2.63. The molecule has 0 atom stereocenters. The number of ether oxygens (including phenoxy) is 4. The maximum atomic E-state index is 12.0. The van der Waals surface area contributed by atoms with Crippen LogP contribution in [-0.4, -0.2) is 39.3 Å². The Balaban J connectivity index is 1.43. The molecular formula is C24H23NO6. The van der Waals surface area contributed by atoms with Crippen LogP contribution in [0.2, 0.25) is 0 Å². The van der Waals surface area contributed by atoms with Gasteiger partial charge >= 0.3 is 5.97 Å². The molecule has 1 N–H and O–H groups in total. The summed E-state index contributed by atoms with van der Waals surface area (Å²) in [6, 6.07) is 22.2. The standard InChI is InChI=1S/C24H23NO6/c1-28-21-13-10-19(14-22(21)29-2)25-23(26)15-31-24(27)16-30-20-11-8-18(9-12-20)17-6-4-3-5-7-17/h3-14H,15-16H2,1-2H3,(H,25,26). The van der Waals surface area contributed by atoms with E-state index in [0.717, 1.165) is 11.1 Å². The molecule has 0 heterocycles. The molecule has 0 aliphatic heterocycles. The summed E-state index contributed by atoms with van der Waals surface area (Å²) in [5, 5.41) is 2.63. The predicted molar refractivity (Wildman–Crippen MR) is 117 cm³/mol. The van der Waals surface area contributed by atoms with Gasteiger partial charge in [0.2, 0.25) is 0 Å². The van der Waals surface area contributed by atoms with Crippen molar-refractivity contribution in [1.29, 1.82) is 0 Å². The van der Waals surface area contributed by atoms with Crippen molar-refractivity contribution < 1.29 is 28.5 Å². The molecule has 0 saturated carbocycles. The van der Waals surface area contributed by atoms with Crippen LogP contribution in [0.5, 0.6) is 17.2 Å². The average molecular weight is 421 g/mol. The highest BCUT2D eigenvalue weighted by Crippen LogP contribution is 2.29. The molecule has 3 aromatic carbocycles. The summed E-state index contributed by atoms with van der Waals surface area (Å²) < 4.78 is 20.7. The number of anilines is 1. The molecule has 160 valence electrons. The second-order valence-electron chi connectivity index (χ2n) is 6.46. The maximum Gasteiger partial charge on any atom is 0.344 e. The van der Waals surface area contributed by atoms with Gasteiger partial charge in [-0.25, -0.2) is 4.79 Å². The summed E-state index contributed by atoms with van der Waals surface area (Å²) in [6.45, 7) is -0.724. The fourth-order valence-electron chi connectivity index (χ4n) is 2.82. The number of carbonyl (C=O) groups is 2. The number of methoxy groups -OCH3 is 2. The lowest BCUT2D eigenvalue weighted by Crippen LogP contribution is -2.23. The topological polar surface area (TPSA) is 83.1 Å². The Morgan fingerprint density at radius 2 is 1.45 bits per heavy atom. The van der Waals surface area contributed by atoms with Crippen molar-refractivity contribution in [3.8, 4) is 28.4 Å². The Morgan fingerprint density at radius 1 is 0.774 bits per heavy atom. The molecule has 0 spiro atoms. The highest BCUT2D eigenvalue weighted by molar-refractivity contribution is 5.93. The molecule has 7 nitrogen and oxygen atoms in total. The Labute approximate surface area is 180 Å². The van der Waals surface area contributed by atoms with Gasteiger partial charge in [-0.05, 0) is 35.4 Å². The van der Waals surface area contributed by atoms with Crippen molar-refractivity contribution in [2.24, 2.45) is 0 Å². The van der Waals surface area contributed by atoms with E-state index in [1.54, 1.807) is 30.3 Å². The highest BCUT2D eigenvalue weighted by atomic mass is 16.6. The second kappa shape index (κ2) is 10.7. The van der Waals surface area contributed by atoms with Gasteiger partial charge in [-0.2, -0.15) is 0 Å². The minimum absolute atomic E-state index is 0.297. The number of carbonyl (C=O) groups excluding carboxylic acids is 2. The van der Waals surface area contributed by atoms with E-state index in [4.69, 9.17) is 18.9 Å². The van der Waals surface area contributed by atoms with Crippen LogP contribution >= 0.6 is 0 Å². The summed E-state index contributed by atoms with van der Waals surface area (Å²) in [6.07, 6.45) is 0. The first-order valence-corrected chi connectivity index (χ1v) is 9.55. The second-order valence-corrected chi connectivity index (χ2v) is 6.46. The zero-order valence-corrected chi connectivity index (χ0v) is 17.3. The lowest BCUT2D eigenvalue weighted by molar-refractivity contribution is -0.149. The first-order valence-electron chi connectivity index (χ1n) is 9.55. The first kappa shape index (κ1) is 21.7. The molecule has 0 aliphatic rings. The monoisotopic (exact) mass is 421 g/mol. The maximum absolute atomic E-state index is 12.0. The van der Waals surface area contributed by atoms with E-state index < -0.39 is 18.5 Å². The molecule has 0 unspecified atom stereocenters. The number of nitrogens with one attached hydrogen (secondary N) is 1. The van der Waals surface area contributed by atoms with Crippen molar-refractivity contribution in [2.45, 2.75) is 0 Å². The number of esters is 1. The third-order valence-electron chi connectivity index (χ3n) is 4.35. The van der Waals surface area contributed by atoms with Crippen LogP contribution in [0.3, 0.4) is 0 Å². The van der Waals surface area contributed by atoms with Crippen molar-refractivity contribution in [1.82, 2.24) is 0 Å². The number of hydrogen-bond donors (Lipinski definition) is 1. The summed E-state index contributed by atoms with van der Waals surface area (Å²) in [5.74, 6) is 0.429. The molecule has 3 rings (SSSR count). The number of rotatable bonds is 9. The van der Waals surface area contributed by atoms with Gasteiger partial charge in [0.1, 0.15) is 5.75 Å². The van der Waals surface area contributed by atoms with E-state index in [-0.39, 0.29) is 6.61 Å². The van der Waals surface area contributed by atoms with Crippen molar-refractivity contribution in [3.63, 3.8) is 0 Å². The normalized spacial score (nSPS) is 10.1. The zero-order chi connectivity index (χ0) is 22.1. The van der Waals surface area contributed by atoms with Crippen LogP contribution in [0.25, 0.3) is 11.1 Å². The van der Waals surface area contributed by atoms with E-state index in [2.05, 4.69) is 5.32 Å². The van der Waals surface area contributed by atoms with Crippen molar-refractivity contribution in [2.75, 3.05) is 32.8 Å². The van der Waals surface area contributed by atoms with E-state index in [1.807, 2.05) is 42.5 Å². The lowest BCUT2D eigenvalue weighted by atomic mass is 10.1. The molecule has 0 radical (unpaired) electrons. The van der Waals surface area contributed by atoms with Crippen LogP contribution in [-0.2, 0) is 14.3 Å². The number of hydrogen-bond acceptors (Lipinski definition) is 6. The van der Waals surface area contributed by atoms with E-state index in [1.165, 1.54) is 14.2 Å². The average Bonchev–Trinajstić information content (AvgIpc) is 2.82. The van der Waals surface area contributed by atoms with Gasteiger partial charge in [0.25, 0.3) is 5.91 Å². The molecule has 31 heavy (non-hydrogen) atoms. The Bertz CT molecular complexity index is 1020. The SMILES string of the molecule is COc1ccc(NC(=O)COC(=O)COc2ccc(-c3ccccc3)cc2)cc1OC. The predicted octanol–water partition coefficient (Wildman–Crippen LogP) is 3.93. The zero-order valence-electron chi connectivity index (χ0n) is 17.3. The Kier molecular flexibility index (Phi) is 7.48.